The van der Waals surface area contributed by atoms with Gasteiger partial charge in [-0.15, -0.1) is 10.2 Å². The number of anilines is 1. The molecular weight excluding hydrogens is 439 g/mol. The molecule has 1 atom stereocenters. The highest BCUT2D eigenvalue weighted by molar-refractivity contribution is 8.00. The molecule has 1 N–H and O–H groups in total. The first-order chi connectivity index (χ1) is 15.4. The summed E-state index contributed by atoms with van der Waals surface area (Å²) in [6.45, 7) is 4.27. The Morgan fingerprint density at radius 1 is 1.06 bits per heavy atom. The van der Waals surface area contributed by atoms with Crippen LogP contribution in [0, 0.1) is 17.5 Å². The van der Waals surface area contributed by atoms with Crippen molar-refractivity contribution in [2.45, 2.75) is 36.7 Å². The Morgan fingerprint density at radius 2 is 1.78 bits per heavy atom. The van der Waals surface area contributed by atoms with E-state index >= 15 is 0 Å². The molecule has 10 heteroatoms. The molecule has 1 amide bonds. The summed E-state index contributed by atoms with van der Waals surface area (Å²) in [4.78, 5) is 14.9. The number of likely N-dealkylation sites (tertiary alicyclic amines) is 1. The number of nitrogens with one attached hydrogen (secondary N) is 1. The largest absolute Gasteiger partial charge is 0.323 e. The van der Waals surface area contributed by atoms with Crippen molar-refractivity contribution in [2.75, 3.05) is 18.4 Å². The molecule has 1 aliphatic rings. The zero-order chi connectivity index (χ0) is 22.7. The smallest absolute Gasteiger partial charge is 0.237 e. The van der Waals surface area contributed by atoms with Gasteiger partial charge in [0.1, 0.15) is 0 Å². The van der Waals surface area contributed by atoms with Crippen LogP contribution in [0.3, 0.4) is 0 Å². The SMILES string of the molecule is CC(Sc1nnc(CN2CCCC2)n1-c1ccccc1)C(=O)Nc1ccc(F)c(F)c1F. The van der Waals surface area contributed by atoms with Gasteiger partial charge in [0.25, 0.3) is 0 Å². The third-order valence-electron chi connectivity index (χ3n) is 5.22. The Balaban J connectivity index is 1.54. The van der Waals surface area contributed by atoms with Crippen molar-refractivity contribution < 1.29 is 18.0 Å². The molecule has 1 aliphatic heterocycles. The molecular formula is C22H22F3N5OS. The van der Waals surface area contributed by atoms with Crippen molar-refractivity contribution in [1.29, 1.82) is 0 Å². The van der Waals surface area contributed by atoms with Gasteiger partial charge in [-0.3, -0.25) is 14.3 Å². The lowest BCUT2D eigenvalue weighted by Crippen LogP contribution is -2.24. The monoisotopic (exact) mass is 461 g/mol. The van der Waals surface area contributed by atoms with Gasteiger partial charge in [0.2, 0.25) is 5.91 Å². The molecule has 1 unspecified atom stereocenters. The highest BCUT2D eigenvalue weighted by atomic mass is 32.2. The number of para-hydroxylation sites is 1. The quantitative estimate of drug-likeness (QED) is 0.418. The molecule has 0 aliphatic carbocycles. The van der Waals surface area contributed by atoms with Crippen molar-refractivity contribution in [3.63, 3.8) is 0 Å². The molecule has 0 bridgehead atoms. The number of halogens is 3. The molecule has 0 spiro atoms. The van der Waals surface area contributed by atoms with Gasteiger partial charge < -0.3 is 5.32 Å². The molecule has 1 saturated heterocycles. The van der Waals surface area contributed by atoms with Crippen molar-refractivity contribution in [1.82, 2.24) is 19.7 Å². The van der Waals surface area contributed by atoms with Gasteiger partial charge in [0, 0.05) is 5.69 Å². The van der Waals surface area contributed by atoms with Gasteiger partial charge in [-0.1, -0.05) is 30.0 Å². The first-order valence-corrected chi connectivity index (χ1v) is 11.1. The highest BCUT2D eigenvalue weighted by Crippen LogP contribution is 2.28. The van der Waals surface area contributed by atoms with Crippen LogP contribution < -0.4 is 5.32 Å². The summed E-state index contributed by atoms with van der Waals surface area (Å²) in [6, 6.07) is 11.3. The number of carbonyl (C=O) groups excluding carboxylic acids is 1. The first-order valence-electron chi connectivity index (χ1n) is 10.3. The number of aromatic nitrogens is 3. The molecule has 2 heterocycles. The van der Waals surface area contributed by atoms with Crippen molar-refractivity contribution in [3.8, 4) is 5.69 Å². The van der Waals surface area contributed by atoms with E-state index in [-0.39, 0.29) is 0 Å². The highest BCUT2D eigenvalue weighted by Gasteiger charge is 2.24. The second-order valence-corrected chi connectivity index (χ2v) is 8.83. The van der Waals surface area contributed by atoms with Crippen LogP contribution in [0.2, 0.25) is 0 Å². The van der Waals surface area contributed by atoms with E-state index < -0.39 is 34.3 Å². The van der Waals surface area contributed by atoms with Crippen molar-refractivity contribution in [3.05, 3.63) is 65.7 Å². The molecule has 32 heavy (non-hydrogen) atoms. The van der Waals surface area contributed by atoms with Gasteiger partial charge in [-0.25, -0.2) is 13.2 Å². The molecule has 168 valence electrons. The van der Waals surface area contributed by atoms with Crippen LogP contribution in [0.1, 0.15) is 25.6 Å². The minimum Gasteiger partial charge on any atom is -0.323 e. The molecule has 1 aromatic heterocycles. The number of hydrogen-bond donors (Lipinski definition) is 1. The summed E-state index contributed by atoms with van der Waals surface area (Å²) < 4.78 is 42.4. The van der Waals surface area contributed by atoms with Crippen LogP contribution in [-0.4, -0.2) is 43.9 Å². The van der Waals surface area contributed by atoms with Crippen LogP contribution in [0.15, 0.2) is 47.6 Å². The Kier molecular flexibility index (Phi) is 6.80. The predicted octanol–water partition coefficient (Wildman–Crippen LogP) is 4.40. The second kappa shape index (κ2) is 9.74. The second-order valence-electron chi connectivity index (χ2n) is 7.53. The van der Waals surface area contributed by atoms with Crippen LogP contribution in [-0.2, 0) is 11.3 Å². The van der Waals surface area contributed by atoms with Crippen LogP contribution >= 0.6 is 11.8 Å². The van der Waals surface area contributed by atoms with Crippen molar-refractivity contribution >= 4 is 23.4 Å². The van der Waals surface area contributed by atoms with E-state index in [2.05, 4.69) is 20.4 Å². The van der Waals surface area contributed by atoms with E-state index in [1.54, 1.807) is 6.92 Å². The summed E-state index contributed by atoms with van der Waals surface area (Å²) in [5.74, 6) is -4.18. The minimum absolute atomic E-state index is 0.416. The molecule has 3 aromatic rings. The number of rotatable bonds is 7. The molecule has 0 saturated carbocycles. The maximum Gasteiger partial charge on any atom is 0.237 e. The lowest BCUT2D eigenvalue weighted by atomic mass is 10.2. The standard InChI is InChI=1S/C22H22F3N5OS/c1-14(21(31)26-17-10-9-16(23)19(24)20(17)25)32-22-28-27-18(13-29-11-5-6-12-29)30(22)15-7-3-2-4-8-15/h2-4,7-10,14H,5-6,11-13H2,1H3,(H,26,31). The zero-order valence-corrected chi connectivity index (χ0v) is 18.2. The number of hydrogen-bond acceptors (Lipinski definition) is 5. The number of benzene rings is 2. The lowest BCUT2D eigenvalue weighted by Gasteiger charge is -2.17. The van der Waals surface area contributed by atoms with Gasteiger partial charge in [-0.2, -0.15) is 0 Å². The van der Waals surface area contributed by atoms with Crippen LogP contribution in [0.4, 0.5) is 18.9 Å². The maximum absolute atomic E-state index is 13.9. The third-order valence-corrected chi connectivity index (χ3v) is 6.27. The summed E-state index contributed by atoms with van der Waals surface area (Å²) in [6.07, 6.45) is 2.30. The Bertz CT molecular complexity index is 1100. The number of amides is 1. The topological polar surface area (TPSA) is 63.1 Å². The van der Waals surface area contributed by atoms with Crippen LogP contribution in [0.5, 0.6) is 0 Å². The average Bonchev–Trinajstić information content (AvgIpc) is 3.45. The average molecular weight is 462 g/mol. The van der Waals surface area contributed by atoms with Gasteiger partial charge in [0.15, 0.2) is 28.4 Å². The molecule has 4 rings (SSSR count). The molecule has 1 fully saturated rings. The fourth-order valence-electron chi connectivity index (χ4n) is 3.52. The Morgan fingerprint density at radius 3 is 2.50 bits per heavy atom. The van der Waals surface area contributed by atoms with E-state index in [4.69, 9.17) is 0 Å². The fourth-order valence-corrected chi connectivity index (χ4v) is 4.41. The summed E-state index contributed by atoms with van der Waals surface area (Å²) in [5, 5.41) is 10.8. The van der Waals surface area contributed by atoms with E-state index in [9.17, 15) is 18.0 Å². The molecule has 6 nitrogen and oxygen atoms in total. The lowest BCUT2D eigenvalue weighted by molar-refractivity contribution is -0.115. The summed E-state index contributed by atoms with van der Waals surface area (Å²) >= 11 is 1.15. The normalized spacial score (nSPS) is 15.1. The van der Waals surface area contributed by atoms with Crippen LogP contribution in [0.25, 0.3) is 5.69 Å². The number of carbonyl (C=O) groups is 1. The first kappa shape index (κ1) is 22.3. The van der Waals surface area contributed by atoms with E-state index in [0.29, 0.717) is 11.7 Å². The predicted molar refractivity (Wildman–Crippen MR) is 116 cm³/mol. The van der Waals surface area contributed by atoms with Crippen molar-refractivity contribution in [2.24, 2.45) is 0 Å². The Hall–Kier alpha value is -2.85. The summed E-state index contributed by atoms with van der Waals surface area (Å²) in [5.41, 5.74) is 0.453. The number of nitrogens with zero attached hydrogens (tertiary/aromatic N) is 4. The maximum atomic E-state index is 13.9. The number of thioether (sulfide) groups is 1. The fraction of sp³-hybridized carbons (Fsp3) is 0.318. The van der Waals surface area contributed by atoms with Gasteiger partial charge in [0.05, 0.1) is 17.5 Å². The Labute approximate surface area is 187 Å². The minimum atomic E-state index is -1.63. The molecule has 2 aromatic carbocycles. The third kappa shape index (κ3) is 4.81. The van der Waals surface area contributed by atoms with E-state index in [1.165, 1.54) is 0 Å². The van der Waals surface area contributed by atoms with E-state index in [0.717, 1.165) is 61.3 Å². The van der Waals surface area contributed by atoms with Gasteiger partial charge >= 0.3 is 0 Å². The zero-order valence-electron chi connectivity index (χ0n) is 17.4. The molecule has 0 radical (unpaired) electrons. The summed E-state index contributed by atoms with van der Waals surface area (Å²) in [7, 11) is 0. The van der Waals surface area contributed by atoms with E-state index in [1.807, 2.05) is 34.9 Å². The van der Waals surface area contributed by atoms with Gasteiger partial charge in [-0.05, 0) is 57.1 Å².